The molecule has 2 aliphatic rings. The zero-order valence-corrected chi connectivity index (χ0v) is 23.1. The highest BCUT2D eigenvalue weighted by atomic mass is 16.3. The van der Waals surface area contributed by atoms with Crippen molar-refractivity contribution in [1.29, 1.82) is 0 Å². The van der Waals surface area contributed by atoms with Crippen molar-refractivity contribution >= 4 is 28.4 Å². The summed E-state index contributed by atoms with van der Waals surface area (Å²) >= 11 is 0. The van der Waals surface area contributed by atoms with Gasteiger partial charge < -0.3 is 15.7 Å². The zero-order valence-electron chi connectivity index (χ0n) is 23.1. The van der Waals surface area contributed by atoms with E-state index in [1.807, 2.05) is 44.4 Å². The minimum atomic E-state index is -0.330. The van der Waals surface area contributed by atoms with E-state index in [0.717, 1.165) is 72.9 Å². The summed E-state index contributed by atoms with van der Waals surface area (Å²) in [6.45, 7) is 6.90. The molecule has 1 atom stereocenters. The number of benzene rings is 1. The number of nitrogens with one attached hydrogen (secondary N) is 3. The fraction of sp³-hybridized carbons (Fsp3) is 0.433. The van der Waals surface area contributed by atoms with Crippen LogP contribution in [0.5, 0.6) is 0 Å². The Hall–Kier alpha value is -3.89. The summed E-state index contributed by atoms with van der Waals surface area (Å²) in [5.74, 6) is -0.494. The number of carbonyl (C=O) groups excluding carboxylic acids is 2. The van der Waals surface area contributed by atoms with Gasteiger partial charge in [0.25, 0.3) is 11.8 Å². The highest BCUT2D eigenvalue weighted by molar-refractivity contribution is 6.43. The van der Waals surface area contributed by atoms with Crippen molar-refractivity contribution in [2.75, 3.05) is 19.6 Å². The Morgan fingerprint density at radius 3 is 2.62 bits per heavy atom. The Morgan fingerprint density at radius 1 is 1.10 bits per heavy atom. The molecule has 1 aromatic carbocycles. The standard InChI is InChI=1S/C30H37N7O3/c1-3-22(4-2)33-29(39)27-8-6-23(17-32-27)34-30(40)28-25-14-20(5-7-26(25)35-36-28)21-13-19(15-31-16-21)18-37-11-9-24(38)10-12-37/h5-8,13-16,22-24,38H,3-4,9-12,17-18H2,1-2H3,(H,33,39)(H,34,40)(H,35,36). The molecule has 10 heteroatoms. The lowest BCUT2D eigenvalue weighted by molar-refractivity contribution is -0.115. The number of hydrogen-bond donors (Lipinski definition) is 4. The van der Waals surface area contributed by atoms with Crippen LogP contribution < -0.4 is 10.6 Å². The molecule has 0 saturated carbocycles. The van der Waals surface area contributed by atoms with Crippen LogP contribution in [0.15, 0.2) is 53.8 Å². The fourth-order valence-electron chi connectivity index (χ4n) is 5.18. The molecule has 40 heavy (non-hydrogen) atoms. The van der Waals surface area contributed by atoms with Gasteiger partial charge in [0.05, 0.1) is 24.2 Å². The molecule has 0 spiro atoms. The van der Waals surface area contributed by atoms with Crippen LogP contribution in [0.25, 0.3) is 22.0 Å². The molecule has 0 aliphatic carbocycles. The lowest BCUT2D eigenvalue weighted by atomic mass is 10.0. The monoisotopic (exact) mass is 543 g/mol. The Bertz CT molecular complexity index is 1420. The first-order chi connectivity index (χ1) is 19.4. The van der Waals surface area contributed by atoms with Crippen LogP contribution in [0.1, 0.15) is 55.6 Å². The topological polar surface area (TPSA) is 136 Å². The predicted molar refractivity (Wildman–Crippen MR) is 155 cm³/mol. The molecule has 2 amide bonds. The maximum Gasteiger partial charge on any atom is 0.272 e. The lowest BCUT2D eigenvalue weighted by Gasteiger charge is -2.29. The minimum Gasteiger partial charge on any atom is -0.393 e. The van der Waals surface area contributed by atoms with Crippen LogP contribution >= 0.6 is 0 Å². The molecular weight excluding hydrogens is 506 g/mol. The van der Waals surface area contributed by atoms with Crippen LogP contribution in [0.4, 0.5) is 0 Å². The first-order valence-corrected chi connectivity index (χ1v) is 14.1. The van der Waals surface area contributed by atoms with E-state index < -0.39 is 0 Å². The van der Waals surface area contributed by atoms with Gasteiger partial charge in [-0.3, -0.25) is 29.6 Å². The summed E-state index contributed by atoms with van der Waals surface area (Å²) in [7, 11) is 0. The van der Waals surface area contributed by atoms with E-state index in [1.165, 1.54) is 0 Å². The molecule has 2 aromatic heterocycles. The molecule has 2 aliphatic heterocycles. The Labute approximate surface area is 234 Å². The first kappa shape index (κ1) is 27.7. The van der Waals surface area contributed by atoms with Gasteiger partial charge in [-0.05, 0) is 61.1 Å². The summed E-state index contributed by atoms with van der Waals surface area (Å²) in [6, 6.07) is 7.79. The Balaban J connectivity index is 1.25. The summed E-state index contributed by atoms with van der Waals surface area (Å²) in [4.78, 5) is 36.8. The van der Waals surface area contributed by atoms with Crippen molar-refractivity contribution in [2.45, 2.75) is 64.3 Å². The molecule has 1 fully saturated rings. The maximum atomic E-state index is 13.2. The van der Waals surface area contributed by atoms with Crippen LogP contribution in [-0.4, -0.2) is 80.5 Å². The third kappa shape index (κ3) is 6.46. The van der Waals surface area contributed by atoms with E-state index in [0.29, 0.717) is 11.4 Å². The van der Waals surface area contributed by atoms with Crippen molar-refractivity contribution in [1.82, 2.24) is 30.7 Å². The summed E-state index contributed by atoms with van der Waals surface area (Å²) in [6.07, 6.45) is 10.3. The van der Waals surface area contributed by atoms with Gasteiger partial charge in [0, 0.05) is 49.0 Å². The number of piperidine rings is 1. The van der Waals surface area contributed by atoms with Gasteiger partial charge in [-0.1, -0.05) is 26.0 Å². The fourth-order valence-corrected chi connectivity index (χ4v) is 5.18. The van der Waals surface area contributed by atoms with Crippen molar-refractivity contribution in [3.8, 4) is 11.1 Å². The third-order valence-electron chi connectivity index (χ3n) is 7.68. The third-order valence-corrected chi connectivity index (χ3v) is 7.68. The summed E-state index contributed by atoms with van der Waals surface area (Å²) in [5.41, 5.74) is 4.47. The van der Waals surface area contributed by atoms with Gasteiger partial charge in [-0.25, -0.2) is 0 Å². The quantitative estimate of drug-likeness (QED) is 0.328. The molecule has 1 unspecified atom stereocenters. The van der Waals surface area contributed by atoms with E-state index in [-0.39, 0.29) is 36.5 Å². The molecule has 0 radical (unpaired) electrons. The van der Waals surface area contributed by atoms with Gasteiger partial charge in [-0.2, -0.15) is 5.10 Å². The number of H-pyrrole nitrogens is 1. The van der Waals surface area contributed by atoms with Crippen molar-refractivity contribution < 1.29 is 14.7 Å². The Morgan fingerprint density at radius 2 is 1.90 bits per heavy atom. The number of aliphatic hydroxyl groups is 1. The van der Waals surface area contributed by atoms with Crippen LogP contribution in [0.2, 0.25) is 0 Å². The van der Waals surface area contributed by atoms with Gasteiger partial charge in [-0.15, -0.1) is 0 Å². The molecule has 210 valence electrons. The number of fused-ring (bicyclic) bond motifs is 1. The predicted octanol–water partition coefficient (Wildman–Crippen LogP) is 3.00. The maximum absolute atomic E-state index is 13.2. The number of aromatic nitrogens is 3. The number of carbonyl (C=O) groups is 2. The SMILES string of the molecule is CCC(CC)NC(=O)C1=NCC(NC(=O)c2n[nH]c3ccc(-c4cncc(CN5CCC(O)CC5)c4)cc23)C=C1. The second kappa shape index (κ2) is 12.5. The van der Waals surface area contributed by atoms with E-state index in [1.54, 1.807) is 12.2 Å². The van der Waals surface area contributed by atoms with E-state index in [4.69, 9.17) is 0 Å². The molecule has 0 bridgehead atoms. The highest BCUT2D eigenvalue weighted by Crippen LogP contribution is 2.26. The van der Waals surface area contributed by atoms with Gasteiger partial charge >= 0.3 is 0 Å². The largest absolute Gasteiger partial charge is 0.393 e. The first-order valence-electron chi connectivity index (χ1n) is 14.1. The van der Waals surface area contributed by atoms with Crippen LogP contribution in [0, 0.1) is 0 Å². The molecule has 3 aromatic rings. The molecule has 1 saturated heterocycles. The second-order valence-corrected chi connectivity index (χ2v) is 10.6. The lowest BCUT2D eigenvalue weighted by Crippen LogP contribution is -2.41. The van der Waals surface area contributed by atoms with Crippen LogP contribution in [-0.2, 0) is 11.3 Å². The van der Waals surface area contributed by atoms with Gasteiger partial charge in [0.1, 0.15) is 5.71 Å². The average molecular weight is 544 g/mol. The van der Waals surface area contributed by atoms with Crippen LogP contribution in [0.3, 0.4) is 0 Å². The van der Waals surface area contributed by atoms with Gasteiger partial charge in [0.15, 0.2) is 5.69 Å². The highest BCUT2D eigenvalue weighted by Gasteiger charge is 2.22. The molecule has 4 N–H and O–H groups in total. The molecule has 4 heterocycles. The number of rotatable bonds is 9. The minimum absolute atomic E-state index is 0.127. The number of amides is 2. The number of aliphatic imine (C=N–C) groups is 1. The zero-order chi connectivity index (χ0) is 28.1. The Kier molecular flexibility index (Phi) is 8.66. The van der Waals surface area contributed by atoms with Crippen molar-refractivity contribution in [2.24, 2.45) is 4.99 Å². The summed E-state index contributed by atoms with van der Waals surface area (Å²) in [5, 5.41) is 23.7. The van der Waals surface area contributed by atoms with E-state index in [9.17, 15) is 14.7 Å². The molecular formula is C30H37N7O3. The number of nitrogens with zero attached hydrogens (tertiary/aromatic N) is 4. The number of dihydropyridines is 1. The average Bonchev–Trinajstić information content (AvgIpc) is 3.41. The molecule has 10 nitrogen and oxygen atoms in total. The second-order valence-electron chi connectivity index (χ2n) is 10.6. The van der Waals surface area contributed by atoms with E-state index in [2.05, 4.69) is 41.8 Å². The number of aliphatic hydroxyl groups excluding tert-OH is 1. The number of pyridine rings is 1. The van der Waals surface area contributed by atoms with Crippen molar-refractivity contribution in [3.05, 3.63) is 60.1 Å². The van der Waals surface area contributed by atoms with Gasteiger partial charge in [0.2, 0.25) is 0 Å². The number of hydrogen-bond acceptors (Lipinski definition) is 7. The number of aromatic amines is 1. The summed E-state index contributed by atoms with van der Waals surface area (Å²) < 4.78 is 0. The van der Waals surface area contributed by atoms with Crippen molar-refractivity contribution in [3.63, 3.8) is 0 Å². The molecule has 5 rings (SSSR count). The van der Waals surface area contributed by atoms with E-state index >= 15 is 0 Å². The normalized spacial score (nSPS) is 18.2. The number of likely N-dealkylation sites (tertiary alicyclic amines) is 1. The smallest absolute Gasteiger partial charge is 0.272 e.